The minimum absolute atomic E-state index is 0.0416. The SMILES string of the molecule is Cc1ccc(CCN(CC2CCCO2)C(=O)C2CCC(C(=O)O)CC2)cc1. The standard InChI is InChI=1S/C22H31NO4/c1-16-4-6-17(7-5-16)12-13-23(15-20-3-2-14-27-20)21(24)18-8-10-19(11-9-18)22(25)26/h4-7,18-20H,2-3,8-15H2,1H3,(H,25,26). The highest BCUT2D eigenvalue weighted by atomic mass is 16.5. The maximum atomic E-state index is 13.2. The summed E-state index contributed by atoms with van der Waals surface area (Å²) in [6.07, 6.45) is 5.64. The van der Waals surface area contributed by atoms with E-state index in [2.05, 4.69) is 31.2 Å². The van der Waals surface area contributed by atoms with Crippen LogP contribution >= 0.6 is 0 Å². The topological polar surface area (TPSA) is 66.8 Å². The molecule has 1 aliphatic carbocycles. The van der Waals surface area contributed by atoms with Crippen LogP contribution < -0.4 is 0 Å². The third-order valence-electron chi connectivity index (χ3n) is 5.98. The van der Waals surface area contributed by atoms with E-state index in [0.29, 0.717) is 38.8 Å². The number of hydrogen-bond donors (Lipinski definition) is 1. The molecule has 27 heavy (non-hydrogen) atoms. The molecule has 1 amide bonds. The van der Waals surface area contributed by atoms with Crippen molar-refractivity contribution in [1.29, 1.82) is 0 Å². The lowest BCUT2D eigenvalue weighted by molar-refractivity contribution is -0.146. The number of carboxylic acid groups (broad SMARTS) is 1. The zero-order chi connectivity index (χ0) is 19.2. The number of nitrogens with zero attached hydrogens (tertiary/aromatic N) is 1. The van der Waals surface area contributed by atoms with Crippen molar-refractivity contribution in [2.45, 2.75) is 58.0 Å². The van der Waals surface area contributed by atoms with Gasteiger partial charge in [0.25, 0.3) is 0 Å². The molecule has 1 aliphatic heterocycles. The molecule has 0 aromatic heterocycles. The smallest absolute Gasteiger partial charge is 0.306 e. The van der Waals surface area contributed by atoms with Crippen LogP contribution in [0.3, 0.4) is 0 Å². The summed E-state index contributed by atoms with van der Waals surface area (Å²) in [5.74, 6) is -0.869. The first-order valence-electron chi connectivity index (χ1n) is 10.2. The van der Waals surface area contributed by atoms with E-state index in [9.17, 15) is 14.7 Å². The number of carboxylic acids is 1. The van der Waals surface area contributed by atoms with Gasteiger partial charge in [-0.2, -0.15) is 0 Å². The molecular formula is C22H31NO4. The maximum absolute atomic E-state index is 13.2. The Morgan fingerprint density at radius 1 is 1.07 bits per heavy atom. The number of amides is 1. The minimum Gasteiger partial charge on any atom is -0.481 e. The zero-order valence-corrected chi connectivity index (χ0v) is 16.2. The van der Waals surface area contributed by atoms with E-state index in [-0.39, 0.29) is 23.8 Å². The lowest BCUT2D eigenvalue weighted by Gasteiger charge is -2.32. The molecule has 1 aromatic carbocycles. The number of hydrogen-bond acceptors (Lipinski definition) is 3. The monoisotopic (exact) mass is 373 g/mol. The van der Waals surface area contributed by atoms with Gasteiger partial charge in [-0.25, -0.2) is 0 Å². The summed E-state index contributed by atoms with van der Waals surface area (Å²) >= 11 is 0. The highest BCUT2D eigenvalue weighted by molar-refractivity contribution is 5.79. The summed E-state index contributed by atoms with van der Waals surface area (Å²) in [7, 11) is 0. The lowest BCUT2D eigenvalue weighted by Crippen LogP contribution is -2.43. The van der Waals surface area contributed by atoms with Crippen LogP contribution in [0.4, 0.5) is 0 Å². The molecule has 1 saturated heterocycles. The van der Waals surface area contributed by atoms with Gasteiger partial charge in [0.1, 0.15) is 0 Å². The van der Waals surface area contributed by atoms with Crippen molar-refractivity contribution in [2.75, 3.05) is 19.7 Å². The number of rotatable bonds is 7. The molecule has 1 atom stereocenters. The Kier molecular flexibility index (Phi) is 6.89. The van der Waals surface area contributed by atoms with Crippen LogP contribution in [0.15, 0.2) is 24.3 Å². The summed E-state index contributed by atoms with van der Waals surface area (Å²) in [6, 6.07) is 8.47. The van der Waals surface area contributed by atoms with Crippen molar-refractivity contribution >= 4 is 11.9 Å². The molecule has 1 heterocycles. The summed E-state index contributed by atoms with van der Waals surface area (Å²) in [5, 5.41) is 9.18. The average molecular weight is 373 g/mol. The summed E-state index contributed by atoms with van der Waals surface area (Å²) in [6.45, 7) is 4.21. The third kappa shape index (κ3) is 5.55. The van der Waals surface area contributed by atoms with E-state index in [1.165, 1.54) is 11.1 Å². The first-order valence-corrected chi connectivity index (χ1v) is 10.2. The van der Waals surface area contributed by atoms with E-state index >= 15 is 0 Å². The predicted octanol–water partition coefficient (Wildman–Crippen LogP) is 3.44. The fraction of sp³-hybridized carbons (Fsp3) is 0.636. The second-order valence-electron chi connectivity index (χ2n) is 8.04. The van der Waals surface area contributed by atoms with Crippen molar-refractivity contribution in [3.8, 4) is 0 Å². The molecule has 0 radical (unpaired) electrons. The average Bonchev–Trinajstić information content (AvgIpc) is 3.19. The summed E-state index contributed by atoms with van der Waals surface area (Å²) in [5.41, 5.74) is 2.47. The maximum Gasteiger partial charge on any atom is 0.306 e. The molecule has 2 fully saturated rings. The van der Waals surface area contributed by atoms with Crippen molar-refractivity contribution in [3.05, 3.63) is 35.4 Å². The van der Waals surface area contributed by atoms with Gasteiger partial charge in [0.05, 0.1) is 12.0 Å². The molecule has 5 nitrogen and oxygen atoms in total. The van der Waals surface area contributed by atoms with Crippen LogP contribution in [0.25, 0.3) is 0 Å². The lowest BCUT2D eigenvalue weighted by atomic mass is 9.81. The molecule has 1 N–H and O–H groups in total. The molecule has 0 spiro atoms. The van der Waals surface area contributed by atoms with Crippen molar-refractivity contribution in [1.82, 2.24) is 4.90 Å². The number of benzene rings is 1. The van der Waals surface area contributed by atoms with Crippen LogP contribution in [0, 0.1) is 18.8 Å². The fourth-order valence-corrected chi connectivity index (χ4v) is 4.19. The number of aryl methyl sites for hydroxylation is 1. The number of carbonyl (C=O) groups excluding carboxylic acids is 1. The van der Waals surface area contributed by atoms with E-state index in [4.69, 9.17) is 4.74 Å². The van der Waals surface area contributed by atoms with Gasteiger partial charge in [-0.15, -0.1) is 0 Å². The van der Waals surface area contributed by atoms with Gasteiger partial charge >= 0.3 is 5.97 Å². The highest BCUT2D eigenvalue weighted by Crippen LogP contribution is 2.30. The molecule has 148 valence electrons. The van der Waals surface area contributed by atoms with Gasteiger partial charge in [-0.05, 0) is 57.4 Å². The van der Waals surface area contributed by atoms with Crippen molar-refractivity contribution < 1.29 is 19.4 Å². The summed E-state index contributed by atoms with van der Waals surface area (Å²) in [4.78, 5) is 26.3. The van der Waals surface area contributed by atoms with Gasteiger partial charge in [0.2, 0.25) is 5.91 Å². The number of carbonyl (C=O) groups is 2. The minimum atomic E-state index is -0.725. The molecule has 5 heteroatoms. The molecule has 3 rings (SSSR count). The second-order valence-corrected chi connectivity index (χ2v) is 8.04. The predicted molar refractivity (Wildman–Crippen MR) is 104 cm³/mol. The first kappa shape index (κ1) is 19.9. The Bertz CT molecular complexity index is 628. The van der Waals surface area contributed by atoms with Crippen LogP contribution in [0.1, 0.15) is 49.7 Å². The van der Waals surface area contributed by atoms with Gasteiger partial charge in [0.15, 0.2) is 0 Å². The molecule has 2 aliphatic rings. The van der Waals surface area contributed by atoms with Gasteiger partial charge in [-0.1, -0.05) is 29.8 Å². The van der Waals surface area contributed by atoms with Crippen LogP contribution in [0.2, 0.25) is 0 Å². The van der Waals surface area contributed by atoms with Crippen LogP contribution in [-0.4, -0.2) is 47.7 Å². The zero-order valence-electron chi connectivity index (χ0n) is 16.2. The Morgan fingerprint density at radius 3 is 2.33 bits per heavy atom. The van der Waals surface area contributed by atoms with E-state index in [1.807, 2.05) is 4.90 Å². The third-order valence-corrected chi connectivity index (χ3v) is 5.98. The van der Waals surface area contributed by atoms with Crippen LogP contribution in [0.5, 0.6) is 0 Å². The molecule has 1 unspecified atom stereocenters. The van der Waals surface area contributed by atoms with E-state index in [0.717, 1.165) is 25.9 Å². The van der Waals surface area contributed by atoms with Gasteiger partial charge < -0.3 is 14.7 Å². The Morgan fingerprint density at radius 2 is 1.74 bits per heavy atom. The van der Waals surface area contributed by atoms with Gasteiger partial charge in [0, 0.05) is 25.6 Å². The van der Waals surface area contributed by atoms with Crippen molar-refractivity contribution in [2.24, 2.45) is 11.8 Å². The Balaban J connectivity index is 1.60. The molecular weight excluding hydrogens is 342 g/mol. The van der Waals surface area contributed by atoms with E-state index in [1.54, 1.807) is 0 Å². The number of aliphatic carboxylic acids is 1. The second kappa shape index (κ2) is 9.36. The normalized spacial score (nSPS) is 25.3. The quantitative estimate of drug-likeness (QED) is 0.795. The first-order chi connectivity index (χ1) is 13.0. The van der Waals surface area contributed by atoms with Crippen LogP contribution in [-0.2, 0) is 20.7 Å². The Hall–Kier alpha value is -1.88. The van der Waals surface area contributed by atoms with Gasteiger partial charge in [-0.3, -0.25) is 9.59 Å². The fourth-order valence-electron chi connectivity index (χ4n) is 4.19. The largest absolute Gasteiger partial charge is 0.481 e. The molecule has 1 aromatic rings. The summed E-state index contributed by atoms with van der Waals surface area (Å²) < 4.78 is 5.77. The molecule has 1 saturated carbocycles. The van der Waals surface area contributed by atoms with E-state index < -0.39 is 5.97 Å². The van der Waals surface area contributed by atoms with Crippen molar-refractivity contribution in [3.63, 3.8) is 0 Å². The molecule has 0 bridgehead atoms. The number of ether oxygens (including phenoxy) is 1. The highest BCUT2D eigenvalue weighted by Gasteiger charge is 2.33. The Labute approximate surface area is 161 Å².